The number of carbonyl (C=O) groups is 1. The summed E-state index contributed by atoms with van der Waals surface area (Å²) in [6, 6.07) is 8.89. The number of carbonyl (C=O) groups excluding carboxylic acids is 1. The van der Waals surface area contributed by atoms with E-state index in [1.165, 1.54) is 17.5 Å². The molecule has 1 aliphatic rings. The summed E-state index contributed by atoms with van der Waals surface area (Å²) < 4.78 is 2.10. The molecule has 3 rings (SSSR count). The maximum absolute atomic E-state index is 12.7. The highest BCUT2D eigenvalue weighted by molar-refractivity contribution is 5.77. The normalized spacial score (nSPS) is 17.9. The first kappa shape index (κ1) is 16.7. The minimum atomic E-state index is 0.311. The van der Waals surface area contributed by atoms with Gasteiger partial charge in [0.05, 0.1) is 6.33 Å². The second-order valence-corrected chi connectivity index (χ2v) is 6.81. The van der Waals surface area contributed by atoms with Gasteiger partial charge in [0.15, 0.2) is 0 Å². The van der Waals surface area contributed by atoms with Crippen molar-refractivity contribution in [2.45, 2.75) is 58.0 Å². The lowest BCUT2D eigenvalue weighted by atomic mass is 9.98. The Hall–Kier alpha value is -2.10. The van der Waals surface area contributed by atoms with Crippen molar-refractivity contribution in [3.8, 4) is 0 Å². The van der Waals surface area contributed by atoms with Crippen LogP contribution in [0.5, 0.6) is 0 Å². The molecule has 0 radical (unpaired) electrons. The summed E-state index contributed by atoms with van der Waals surface area (Å²) in [6.07, 6.45) is 11.6. The Labute approximate surface area is 144 Å². The van der Waals surface area contributed by atoms with Gasteiger partial charge < -0.3 is 9.47 Å². The van der Waals surface area contributed by atoms with Crippen molar-refractivity contribution >= 4 is 5.91 Å². The lowest BCUT2D eigenvalue weighted by Crippen LogP contribution is -2.44. The molecule has 1 atom stereocenters. The molecule has 4 nitrogen and oxygen atoms in total. The Morgan fingerprint density at radius 1 is 1.25 bits per heavy atom. The standard InChI is InChI=1S/C20H27N3O/c1-17-5-7-18(8-6-17)9-10-20(24)23-13-3-2-4-19(23)11-14-22-15-12-21-16-22/h5-8,12,15-16,19H,2-4,9-11,13-14H2,1H3. The Balaban J connectivity index is 1.53. The Morgan fingerprint density at radius 3 is 2.83 bits per heavy atom. The number of amides is 1. The number of aryl methyl sites for hydroxylation is 3. The van der Waals surface area contributed by atoms with E-state index < -0.39 is 0 Å². The van der Waals surface area contributed by atoms with Crippen LogP contribution in [0, 0.1) is 6.92 Å². The van der Waals surface area contributed by atoms with Crippen molar-refractivity contribution in [3.63, 3.8) is 0 Å². The molecule has 2 heterocycles. The molecule has 0 bridgehead atoms. The fourth-order valence-corrected chi connectivity index (χ4v) is 3.50. The molecule has 1 fully saturated rings. The van der Waals surface area contributed by atoms with Gasteiger partial charge in [-0.2, -0.15) is 0 Å². The van der Waals surface area contributed by atoms with E-state index in [1.807, 2.05) is 18.7 Å². The minimum absolute atomic E-state index is 0.311. The van der Waals surface area contributed by atoms with Crippen LogP contribution in [-0.2, 0) is 17.8 Å². The number of piperidine rings is 1. The quantitative estimate of drug-likeness (QED) is 0.814. The summed E-state index contributed by atoms with van der Waals surface area (Å²) in [5.41, 5.74) is 2.52. The fourth-order valence-electron chi connectivity index (χ4n) is 3.50. The molecule has 0 spiro atoms. The molecule has 1 unspecified atom stereocenters. The van der Waals surface area contributed by atoms with Gasteiger partial charge in [0.25, 0.3) is 0 Å². The minimum Gasteiger partial charge on any atom is -0.340 e. The first-order chi connectivity index (χ1) is 11.7. The molecule has 0 aliphatic carbocycles. The predicted octanol–water partition coefficient (Wildman–Crippen LogP) is 3.60. The highest BCUT2D eigenvalue weighted by Gasteiger charge is 2.26. The molecule has 1 aromatic heterocycles. The topological polar surface area (TPSA) is 38.1 Å². The zero-order chi connectivity index (χ0) is 16.8. The van der Waals surface area contributed by atoms with Gasteiger partial charge in [0, 0.05) is 37.9 Å². The van der Waals surface area contributed by atoms with Crippen molar-refractivity contribution in [3.05, 3.63) is 54.1 Å². The van der Waals surface area contributed by atoms with Crippen LogP contribution < -0.4 is 0 Å². The Kier molecular flexibility index (Phi) is 5.68. The monoisotopic (exact) mass is 325 g/mol. The number of aromatic nitrogens is 2. The molecule has 0 saturated carbocycles. The van der Waals surface area contributed by atoms with E-state index in [1.54, 1.807) is 0 Å². The molecule has 1 aromatic carbocycles. The Morgan fingerprint density at radius 2 is 2.08 bits per heavy atom. The summed E-state index contributed by atoms with van der Waals surface area (Å²) in [4.78, 5) is 18.9. The van der Waals surface area contributed by atoms with E-state index in [2.05, 4.69) is 45.6 Å². The van der Waals surface area contributed by atoms with Gasteiger partial charge in [0.2, 0.25) is 5.91 Å². The lowest BCUT2D eigenvalue weighted by molar-refractivity contribution is -0.135. The number of nitrogens with zero attached hydrogens (tertiary/aromatic N) is 3. The summed E-state index contributed by atoms with van der Waals surface area (Å²) in [6.45, 7) is 3.95. The average molecular weight is 325 g/mol. The summed E-state index contributed by atoms with van der Waals surface area (Å²) in [5, 5.41) is 0. The van der Waals surface area contributed by atoms with Crippen LogP contribution in [0.3, 0.4) is 0 Å². The number of benzene rings is 1. The highest BCUT2D eigenvalue weighted by Crippen LogP contribution is 2.22. The van der Waals surface area contributed by atoms with E-state index >= 15 is 0 Å². The first-order valence-corrected chi connectivity index (χ1v) is 9.03. The molecule has 128 valence electrons. The van der Waals surface area contributed by atoms with Gasteiger partial charge in [-0.3, -0.25) is 4.79 Å². The summed E-state index contributed by atoms with van der Waals surface area (Å²) in [5.74, 6) is 0.311. The average Bonchev–Trinajstić information content (AvgIpc) is 3.13. The molecule has 0 N–H and O–H groups in total. The Bertz CT molecular complexity index is 633. The molecule has 2 aromatic rings. The fraction of sp³-hybridized carbons (Fsp3) is 0.500. The number of rotatable bonds is 6. The maximum Gasteiger partial charge on any atom is 0.223 e. The van der Waals surface area contributed by atoms with Crippen LogP contribution in [0.1, 0.15) is 43.2 Å². The van der Waals surface area contributed by atoms with Crippen molar-refractivity contribution in [2.75, 3.05) is 6.54 Å². The molecular weight excluding hydrogens is 298 g/mol. The summed E-state index contributed by atoms with van der Waals surface area (Å²) >= 11 is 0. The first-order valence-electron chi connectivity index (χ1n) is 9.03. The van der Waals surface area contributed by atoms with Crippen LogP contribution in [0.15, 0.2) is 43.0 Å². The van der Waals surface area contributed by atoms with Crippen LogP contribution in [0.2, 0.25) is 0 Å². The second-order valence-electron chi connectivity index (χ2n) is 6.81. The smallest absolute Gasteiger partial charge is 0.223 e. The van der Waals surface area contributed by atoms with Crippen molar-refractivity contribution in [1.29, 1.82) is 0 Å². The van der Waals surface area contributed by atoms with Crippen molar-refractivity contribution in [1.82, 2.24) is 14.5 Å². The number of hydrogen-bond acceptors (Lipinski definition) is 2. The van der Waals surface area contributed by atoms with Crippen LogP contribution in [-0.4, -0.2) is 32.9 Å². The van der Waals surface area contributed by atoms with E-state index in [9.17, 15) is 4.79 Å². The molecule has 1 aliphatic heterocycles. The van der Waals surface area contributed by atoms with Gasteiger partial charge in [-0.1, -0.05) is 29.8 Å². The molecule has 4 heteroatoms. The molecule has 1 saturated heterocycles. The van der Waals surface area contributed by atoms with E-state index in [0.717, 1.165) is 38.8 Å². The third-order valence-corrected chi connectivity index (χ3v) is 4.98. The summed E-state index contributed by atoms with van der Waals surface area (Å²) in [7, 11) is 0. The maximum atomic E-state index is 12.7. The number of likely N-dealkylation sites (tertiary alicyclic amines) is 1. The largest absolute Gasteiger partial charge is 0.340 e. The van der Waals surface area contributed by atoms with Crippen molar-refractivity contribution in [2.24, 2.45) is 0 Å². The number of hydrogen-bond donors (Lipinski definition) is 0. The van der Waals surface area contributed by atoms with Gasteiger partial charge in [-0.05, 0) is 44.6 Å². The highest BCUT2D eigenvalue weighted by atomic mass is 16.2. The van der Waals surface area contributed by atoms with Crippen molar-refractivity contribution < 1.29 is 4.79 Å². The molecular formula is C20H27N3O. The van der Waals surface area contributed by atoms with Gasteiger partial charge >= 0.3 is 0 Å². The zero-order valence-electron chi connectivity index (χ0n) is 14.5. The zero-order valence-corrected chi connectivity index (χ0v) is 14.5. The number of imidazole rings is 1. The lowest BCUT2D eigenvalue weighted by Gasteiger charge is -2.36. The van der Waals surface area contributed by atoms with Gasteiger partial charge in [0.1, 0.15) is 0 Å². The van der Waals surface area contributed by atoms with Crippen LogP contribution in [0.25, 0.3) is 0 Å². The third kappa shape index (κ3) is 4.47. The van der Waals surface area contributed by atoms with E-state index in [-0.39, 0.29) is 0 Å². The van der Waals surface area contributed by atoms with E-state index in [0.29, 0.717) is 18.4 Å². The molecule has 24 heavy (non-hydrogen) atoms. The van der Waals surface area contributed by atoms with Gasteiger partial charge in [-0.15, -0.1) is 0 Å². The van der Waals surface area contributed by atoms with Crippen LogP contribution >= 0.6 is 0 Å². The van der Waals surface area contributed by atoms with Crippen LogP contribution in [0.4, 0.5) is 0 Å². The van der Waals surface area contributed by atoms with Gasteiger partial charge in [-0.25, -0.2) is 4.98 Å². The molecule has 1 amide bonds. The third-order valence-electron chi connectivity index (χ3n) is 4.98. The SMILES string of the molecule is Cc1ccc(CCC(=O)N2CCCCC2CCn2ccnc2)cc1. The second kappa shape index (κ2) is 8.13. The van der Waals surface area contributed by atoms with E-state index in [4.69, 9.17) is 0 Å². The predicted molar refractivity (Wildman–Crippen MR) is 95.7 cm³/mol.